The molecule has 122 valence electrons. The summed E-state index contributed by atoms with van der Waals surface area (Å²) in [4.78, 5) is 12.2. The van der Waals surface area contributed by atoms with E-state index in [1.165, 1.54) is 25.2 Å². The Morgan fingerprint density at radius 1 is 1.22 bits per heavy atom. The summed E-state index contributed by atoms with van der Waals surface area (Å²) >= 11 is 5.66. The number of nitrogens with zero attached hydrogens (tertiary/aromatic N) is 1. The van der Waals surface area contributed by atoms with E-state index in [4.69, 9.17) is 11.6 Å². The first kappa shape index (κ1) is 17.2. The Balaban J connectivity index is 2.24. The largest absolute Gasteiger partial charge is 0.322 e. The van der Waals surface area contributed by atoms with E-state index >= 15 is 0 Å². The average molecular weight is 357 g/mol. The molecule has 0 aliphatic heterocycles. The Labute approximate surface area is 138 Å². The third kappa shape index (κ3) is 4.20. The lowest BCUT2D eigenvalue weighted by molar-refractivity contribution is 0.102. The standard InChI is InChI=1S/C15H14ClFN2O3S/c1-19(23(2,21)22)12-5-3-4-10(8-12)15(20)18-11-6-7-14(17)13(16)9-11/h3-9H,1-2H3,(H,18,20). The van der Waals surface area contributed by atoms with E-state index in [2.05, 4.69) is 5.32 Å². The minimum absolute atomic E-state index is 0.103. The lowest BCUT2D eigenvalue weighted by atomic mass is 10.2. The number of nitrogens with one attached hydrogen (secondary N) is 1. The van der Waals surface area contributed by atoms with E-state index in [0.717, 1.165) is 16.6 Å². The molecule has 8 heteroatoms. The van der Waals surface area contributed by atoms with Crippen molar-refractivity contribution in [1.29, 1.82) is 0 Å². The zero-order valence-electron chi connectivity index (χ0n) is 12.4. The monoisotopic (exact) mass is 356 g/mol. The van der Waals surface area contributed by atoms with Crippen molar-refractivity contribution in [1.82, 2.24) is 0 Å². The minimum Gasteiger partial charge on any atom is -0.322 e. The fourth-order valence-electron chi connectivity index (χ4n) is 1.81. The van der Waals surface area contributed by atoms with Gasteiger partial charge in [0.1, 0.15) is 5.82 Å². The predicted molar refractivity (Wildman–Crippen MR) is 89.1 cm³/mol. The summed E-state index contributed by atoms with van der Waals surface area (Å²) in [5.41, 5.74) is 0.957. The van der Waals surface area contributed by atoms with Gasteiger partial charge in [0.2, 0.25) is 10.0 Å². The van der Waals surface area contributed by atoms with E-state index in [9.17, 15) is 17.6 Å². The van der Waals surface area contributed by atoms with Crippen LogP contribution >= 0.6 is 11.6 Å². The number of rotatable bonds is 4. The number of hydrogen-bond acceptors (Lipinski definition) is 3. The van der Waals surface area contributed by atoms with E-state index < -0.39 is 21.7 Å². The highest BCUT2D eigenvalue weighted by Crippen LogP contribution is 2.21. The highest BCUT2D eigenvalue weighted by molar-refractivity contribution is 7.92. The minimum atomic E-state index is -3.43. The van der Waals surface area contributed by atoms with Crippen molar-refractivity contribution in [2.24, 2.45) is 0 Å². The number of sulfonamides is 1. The molecule has 5 nitrogen and oxygen atoms in total. The Hall–Kier alpha value is -2.12. The summed E-state index contributed by atoms with van der Waals surface area (Å²) < 4.78 is 37.3. The molecule has 0 atom stereocenters. The molecule has 0 saturated heterocycles. The van der Waals surface area contributed by atoms with Crippen molar-refractivity contribution in [2.45, 2.75) is 0 Å². The average Bonchev–Trinajstić information content (AvgIpc) is 2.49. The lowest BCUT2D eigenvalue weighted by Gasteiger charge is -2.17. The molecule has 0 spiro atoms. The maximum absolute atomic E-state index is 13.1. The third-order valence-corrected chi connectivity index (χ3v) is 4.64. The first-order valence-electron chi connectivity index (χ1n) is 6.49. The summed E-state index contributed by atoms with van der Waals surface area (Å²) in [5.74, 6) is -1.04. The molecule has 23 heavy (non-hydrogen) atoms. The molecule has 0 radical (unpaired) electrons. The van der Waals surface area contributed by atoms with Crippen LogP contribution in [0.3, 0.4) is 0 Å². The van der Waals surface area contributed by atoms with Crippen LogP contribution in [0.4, 0.5) is 15.8 Å². The van der Waals surface area contributed by atoms with Gasteiger partial charge in [-0.1, -0.05) is 17.7 Å². The van der Waals surface area contributed by atoms with Gasteiger partial charge >= 0.3 is 0 Å². The normalized spacial score (nSPS) is 11.1. The molecule has 0 aromatic heterocycles. The van der Waals surface area contributed by atoms with E-state index in [1.807, 2.05) is 0 Å². The fraction of sp³-hybridized carbons (Fsp3) is 0.133. The zero-order valence-corrected chi connectivity index (χ0v) is 14.0. The van der Waals surface area contributed by atoms with Crippen LogP contribution in [0.25, 0.3) is 0 Å². The molecule has 0 unspecified atom stereocenters. The summed E-state index contributed by atoms with van der Waals surface area (Å²) in [6.07, 6.45) is 1.07. The van der Waals surface area contributed by atoms with Gasteiger partial charge in [-0.25, -0.2) is 12.8 Å². The van der Waals surface area contributed by atoms with Crippen molar-refractivity contribution in [3.63, 3.8) is 0 Å². The van der Waals surface area contributed by atoms with Crippen LogP contribution in [-0.2, 0) is 10.0 Å². The highest BCUT2D eigenvalue weighted by atomic mass is 35.5. The molecule has 0 aliphatic carbocycles. The van der Waals surface area contributed by atoms with Gasteiger partial charge in [-0.05, 0) is 36.4 Å². The molecular weight excluding hydrogens is 343 g/mol. The molecule has 1 N–H and O–H groups in total. The van der Waals surface area contributed by atoms with Crippen LogP contribution in [0.5, 0.6) is 0 Å². The predicted octanol–water partition coefficient (Wildman–Crippen LogP) is 3.13. The van der Waals surface area contributed by atoms with Gasteiger partial charge < -0.3 is 5.32 Å². The van der Waals surface area contributed by atoms with Crippen LogP contribution in [0.1, 0.15) is 10.4 Å². The topological polar surface area (TPSA) is 66.5 Å². The first-order valence-corrected chi connectivity index (χ1v) is 8.71. The van der Waals surface area contributed by atoms with Crippen molar-refractivity contribution in [2.75, 3.05) is 22.9 Å². The molecule has 0 heterocycles. The van der Waals surface area contributed by atoms with E-state index in [1.54, 1.807) is 18.2 Å². The molecule has 0 saturated carbocycles. The molecular formula is C15H14ClFN2O3S. The number of halogens is 2. The van der Waals surface area contributed by atoms with Crippen molar-refractivity contribution < 1.29 is 17.6 Å². The van der Waals surface area contributed by atoms with Crippen molar-refractivity contribution in [3.05, 3.63) is 58.9 Å². The highest BCUT2D eigenvalue weighted by Gasteiger charge is 2.14. The molecule has 0 bridgehead atoms. The number of carbonyl (C=O) groups is 1. The van der Waals surface area contributed by atoms with Crippen LogP contribution in [0, 0.1) is 5.82 Å². The van der Waals surface area contributed by atoms with Crippen LogP contribution in [0.15, 0.2) is 42.5 Å². The van der Waals surface area contributed by atoms with Gasteiger partial charge in [-0.3, -0.25) is 9.10 Å². The van der Waals surface area contributed by atoms with Crippen LogP contribution in [-0.4, -0.2) is 27.6 Å². The van der Waals surface area contributed by atoms with Gasteiger partial charge in [-0.15, -0.1) is 0 Å². The van der Waals surface area contributed by atoms with Gasteiger partial charge in [-0.2, -0.15) is 0 Å². The maximum atomic E-state index is 13.1. The summed E-state index contributed by atoms with van der Waals surface area (Å²) in [6, 6.07) is 9.95. The van der Waals surface area contributed by atoms with Gasteiger partial charge in [0, 0.05) is 18.3 Å². The Morgan fingerprint density at radius 3 is 2.52 bits per heavy atom. The van der Waals surface area contributed by atoms with Crippen LogP contribution < -0.4 is 9.62 Å². The Bertz CT molecular complexity index is 856. The Kier molecular flexibility index (Phi) is 4.91. The number of benzene rings is 2. The molecule has 1 amide bonds. The van der Waals surface area contributed by atoms with Crippen molar-refractivity contribution >= 4 is 38.9 Å². The molecule has 2 rings (SSSR count). The number of hydrogen-bond donors (Lipinski definition) is 1. The second kappa shape index (κ2) is 6.55. The fourth-order valence-corrected chi connectivity index (χ4v) is 2.49. The van der Waals surface area contributed by atoms with E-state index in [0.29, 0.717) is 11.4 Å². The Morgan fingerprint density at radius 2 is 1.91 bits per heavy atom. The summed E-state index contributed by atoms with van der Waals surface area (Å²) in [5, 5.41) is 2.47. The second-order valence-electron chi connectivity index (χ2n) is 4.86. The molecule has 0 fully saturated rings. The maximum Gasteiger partial charge on any atom is 0.255 e. The molecule has 2 aromatic carbocycles. The van der Waals surface area contributed by atoms with Gasteiger partial charge in [0.05, 0.1) is 17.0 Å². The second-order valence-corrected chi connectivity index (χ2v) is 7.28. The van der Waals surface area contributed by atoms with E-state index in [-0.39, 0.29) is 10.6 Å². The smallest absolute Gasteiger partial charge is 0.255 e. The first-order chi connectivity index (χ1) is 10.7. The van der Waals surface area contributed by atoms with Crippen molar-refractivity contribution in [3.8, 4) is 0 Å². The zero-order chi connectivity index (χ0) is 17.2. The number of amides is 1. The number of carbonyl (C=O) groups excluding carboxylic acids is 1. The summed E-state index contributed by atoms with van der Waals surface area (Å²) in [7, 11) is -2.03. The SMILES string of the molecule is CN(c1cccc(C(=O)Nc2ccc(F)c(Cl)c2)c1)S(C)(=O)=O. The number of anilines is 2. The molecule has 0 aliphatic rings. The van der Waals surface area contributed by atoms with Crippen LogP contribution in [0.2, 0.25) is 5.02 Å². The summed E-state index contributed by atoms with van der Waals surface area (Å²) in [6.45, 7) is 0. The van der Waals surface area contributed by atoms with Gasteiger partial charge in [0.15, 0.2) is 0 Å². The van der Waals surface area contributed by atoms with Gasteiger partial charge in [0.25, 0.3) is 5.91 Å². The molecule has 2 aromatic rings. The third-order valence-electron chi connectivity index (χ3n) is 3.15. The quantitative estimate of drug-likeness (QED) is 0.915. The lowest BCUT2D eigenvalue weighted by Crippen LogP contribution is -2.25.